The maximum Gasteiger partial charge on any atom is 0.379 e. The smallest absolute Gasteiger partial charge is 0.379 e. The van der Waals surface area contributed by atoms with Crippen LogP contribution in [0.3, 0.4) is 0 Å². The van der Waals surface area contributed by atoms with Gasteiger partial charge in [-0.1, -0.05) is 0 Å². The zero-order valence-electron chi connectivity index (χ0n) is 16.9. The van der Waals surface area contributed by atoms with Gasteiger partial charge in [0.2, 0.25) is 0 Å². The molecule has 2 aromatic heterocycles. The lowest BCUT2D eigenvalue weighted by atomic mass is 9.93. The fraction of sp³-hybridized carbons (Fsp3) is 0.381. The van der Waals surface area contributed by atoms with Crippen molar-refractivity contribution < 1.29 is 24.1 Å². The third-order valence-corrected chi connectivity index (χ3v) is 5.49. The SMILES string of the molecule is COc1cc2nn(C3CCC(O)CC3)cc2cc1NC(=O)c1cccc(OC)[n+]1[O-]. The molecule has 1 aliphatic carbocycles. The predicted octanol–water partition coefficient (Wildman–Crippen LogP) is 2.42. The first-order valence-corrected chi connectivity index (χ1v) is 9.83. The Morgan fingerprint density at radius 2 is 2.00 bits per heavy atom. The van der Waals surface area contributed by atoms with Crippen LogP contribution in [0.4, 0.5) is 5.69 Å². The van der Waals surface area contributed by atoms with Crippen LogP contribution in [0.25, 0.3) is 10.9 Å². The Morgan fingerprint density at radius 1 is 1.23 bits per heavy atom. The number of aliphatic hydroxyl groups is 1. The van der Waals surface area contributed by atoms with E-state index in [1.165, 1.54) is 26.4 Å². The molecule has 9 heteroatoms. The monoisotopic (exact) mass is 412 g/mol. The highest BCUT2D eigenvalue weighted by Gasteiger charge is 2.23. The molecule has 4 rings (SSSR count). The van der Waals surface area contributed by atoms with E-state index in [1.54, 1.807) is 18.2 Å². The molecule has 0 aliphatic heterocycles. The van der Waals surface area contributed by atoms with Crippen LogP contribution in [0.15, 0.2) is 36.5 Å². The summed E-state index contributed by atoms with van der Waals surface area (Å²) in [6.07, 6.45) is 4.98. The van der Waals surface area contributed by atoms with Gasteiger partial charge in [0.25, 0.3) is 5.69 Å². The number of rotatable bonds is 5. The molecule has 0 unspecified atom stereocenters. The first kappa shape index (κ1) is 20.0. The van der Waals surface area contributed by atoms with Gasteiger partial charge in [0.05, 0.1) is 43.6 Å². The number of anilines is 1. The number of fused-ring (bicyclic) bond motifs is 1. The van der Waals surface area contributed by atoms with E-state index < -0.39 is 5.91 Å². The normalized spacial score (nSPS) is 18.9. The van der Waals surface area contributed by atoms with Gasteiger partial charge in [0.15, 0.2) is 0 Å². The van der Waals surface area contributed by atoms with Crippen LogP contribution in [0.1, 0.15) is 42.2 Å². The highest BCUT2D eigenvalue weighted by Crippen LogP contribution is 2.33. The van der Waals surface area contributed by atoms with Gasteiger partial charge < -0.3 is 25.1 Å². The summed E-state index contributed by atoms with van der Waals surface area (Å²) in [4.78, 5) is 12.7. The summed E-state index contributed by atoms with van der Waals surface area (Å²) in [6, 6.07) is 8.26. The van der Waals surface area contributed by atoms with Crippen molar-refractivity contribution in [3.63, 3.8) is 0 Å². The first-order valence-electron chi connectivity index (χ1n) is 9.83. The van der Waals surface area contributed by atoms with Crippen molar-refractivity contribution in [2.45, 2.75) is 37.8 Å². The van der Waals surface area contributed by atoms with E-state index in [-0.39, 0.29) is 23.7 Å². The fourth-order valence-electron chi connectivity index (χ4n) is 3.83. The molecule has 30 heavy (non-hydrogen) atoms. The number of hydrogen-bond acceptors (Lipinski definition) is 6. The number of benzene rings is 1. The molecule has 3 aromatic rings. The molecule has 0 spiro atoms. The molecule has 1 saturated carbocycles. The highest BCUT2D eigenvalue weighted by molar-refractivity contribution is 6.04. The number of carbonyl (C=O) groups excluding carboxylic acids is 1. The number of aliphatic hydroxyl groups excluding tert-OH is 1. The second-order valence-corrected chi connectivity index (χ2v) is 7.38. The zero-order valence-corrected chi connectivity index (χ0v) is 16.9. The van der Waals surface area contributed by atoms with E-state index in [4.69, 9.17) is 9.47 Å². The standard InChI is InChI=1S/C21H24N4O5/c1-29-19-11-16-13(12-24(23-16)14-6-8-15(26)9-7-14)10-17(19)22-21(27)18-4-3-5-20(30-2)25(18)28/h3-5,10-12,14-15,26H,6-9H2,1-2H3,(H,22,27). The molecule has 158 valence electrons. The van der Waals surface area contributed by atoms with Crippen LogP contribution in [0.2, 0.25) is 0 Å². The Labute approximate surface area is 173 Å². The number of methoxy groups -OCH3 is 2. The number of carbonyl (C=O) groups is 1. The Hall–Kier alpha value is -3.33. The number of pyridine rings is 1. The number of nitrogens with one attached hydrogen (secondary N) is 1. The molecule has 0 radical (unpaired) electrons. The lowest BCUT2D eigenvalue weighted by molar-refractivity contribution is -0.614. The molecular formula is C21H24N4O5. The van der Waals surface area contributed by atoms with Crippen molar-refractivity contribution >= 4 is 22.5 Å². The molecule has 2 heterocycles. The second-order valence-electron chi connectivity index (χ2n) is 7.38. The lowest BCUT2D eigenvalue weighted by Gasteiger charge is -2.25. The second kappa shape index (κ2) is 8.19. The number of hydrogen-bond donors (Lipinski definition) is 2. The minimum atomic E-state index is -0.574. The maximum absolute atomic E-state index is 12.7. The zero-order chi connectivity index (χ0) is 21.3. The summed E-state index contributed by atoms with van der Waals surface area (Å²) < 4.78 is 12.8. The predicted molar refractivity (Wildman–Crippen MR) is 110 cm³/mol. The molecule has 0 saturated heterocycles. The van der Waals surface area contributed by atoms with Crippen LogP contribution in [-0.4, -0.2) is 41.1 Å². The summed E-state index contributed by atoms with van der Waals surface area (Å²) in [7, 11) is 2.88. The summed E-state index contributed by atoms with van der Waals surface area (Å²) in [5.74, 6) is -0.0975. The average Bonchev–Trinajstić information content (AvgIpc) is 3.16. The van der Waals surface area contributed by atoms with Gasteiger partial charge in [-0.25, -0.2) is 0 Å². The molecule has 1 amide bonds. The molecule has 9 nitrogen and oxygen atoms in total. The summed E-state index contributed by atoms with van der Waals surface area (Å²) in [5, 5.41) is 30.2. The van der Waals surface area contributed by atoms with Gasteiger partial charge in [-0.05, 0) is 37.8 Å². The van der Waals surface area contributed by atoms with E-state index in [0.717, 1.165) is 36.6 Å². The third kappa shape index (κ3) is 3.76. The van der Waals surface area contributed by atoms with Gasteiger partial charge in [-0.2, -0.15) is 5.10 Å². The van der Waals surface area contributed by atoms with Crippen molar-refractivity contribution in [1.29, 1.82) is 0 Å². The Balaban J connectivity index is 1.63. The third-order valence-electron chi connectivity index (χ3n) is 5.49. The molecule has 0 bridgehead atoms. The van der Waals surface area contributed by atoms with Gasteiger partial charge in [-0.3, -0.25) is 9.48 Å². The Bertz CT molecular complexity index is 1070. The lowest BCUT2D eigenvalue weighted by Crippen LogP contribution is -2.38. The van der Waals surface area contributed by atoms with E-state index in [1.807, 2.05) is 10.9 Å². The van der Waals surface area contributed by atoms with Crippen LogP contribution in [0, 0.1) is 5.21 Å². The number of aromatic nitrogens is 3. The summed E-state index contributed by atoms with van der Waals surface area (Å²) in [5.41, 5.74) is 1.10. The van der Waals surface area contributed by atoms with E-state index >= 15 is 0 Å². The molecular weight excluding hydrogens is 388 g/mol. The Morgan fingerprint density at radius 3 is 2.70 bits per heavy atom. The number of ether oxygens (including phenoxy) is 2. The molecule has 0 atom stereocenters. The number of amides is 1. The van der Waals surface area contributed by atoms with Crippen molar-refractivity contribution in [3.05, 3.63) is 47.4 Å². The van der Waals surface area contributed by atoms with Gasteiger partial charge in [0, 0.05) is 23.7 Å². The first-order chi connectivity index (χ1) is 14.5. The minimum Gasteiger partial charge on any atom is -0.615 e. The minimum absolute atomic E-state index is 0.0314. The molecule has 1 fully saturated rings. The van der Waals surface area contributed by atoms with E-state index in [9.17, 15) is 15.1 Å². The van der Waals surface area contributed by atoms with E-state index in [0.29, 0.717) is 16.2 Å². The van der Waals surface area contributed by atoms with Crippen molar-refractivity contribution in [3.8, 4) is 11.6 Å². The maximum atomic E-state index is 12.7. The molecule has 2 N–H and O–H groups in total. The highest BCUT2D eigenvalue weighted by atomic mass is 16.5. The molecule has 1 aliphatic rings. The largest absolute Gasteiger partial charge is 0.615 e. The summed E-state index contributed by atoms with van der Waals surface area (Å²) in [6.45, 7) is 0. The van der Waals surface area contributed by atoms with E-state index in [2.05, 4.69) is 10.4 Å². The molecule has 1 aromatic carbocycles. The van der Waals surface area contributed by atoms with Gasteiger partial charge in [-0.15, -0.1) is 4.73 Å². The van der Waals surface area contributed by atoms with Gasteiger partial charge in [0.1, 0.15) is 5.75 Å². The van der Waals surface area contributed by atoms with Gasteiger partial charge >= 0.3 is 11.8 Å². The quantitative estimate of drug-likeness (QED) is 0.492. The van der Waals surface area contributed by atoms with Crippen LogP contribution in [-0.2, 0) is 0 Å². The topological polar surface area (TPSA) is 113 Å². The van der Waals surface area contributed by atoms with Crippen LogP contribution < -0.4 is 19.5 Å². The number of nitrogens with zero attached hydrogens (tertiary/aromatic N) is 3. The Kier molecular flexibility index (Phi) is 5.45. The van der Waals surface area contributed by atoms with Crippen LogP contribution >= 0.6 is 0 Å². The van der Waals surface area contributed by atoms with Crippen molar-refractivity contribution in [1.82, 2.24) is 9.78 Å². The van der Waals surface area contributed by atoms with Crippen LogP contribution in [0.5, 0.6) is 11.6 Å². The fourth-order valence-corrected chi connectivity index (χ4v) is 3.83. The van der Waals surface area contributed by atoms with Crippen molar-refractivity contribution in [2.24, 2.45) is 0 Å². The summed E-state index contributed by atoms with van der Waals surface area (Å²) >= 11 is 0. The average molecular weight is 412 g/mol. The van der Waals surface area contributed by atoms with Crippen molar-refractivity contribution in [2.75, 3.05) is 19.5 Å².